The first-order valence-corrected chi connectivity index (χ1v) is 12.3. The minimum atomic E-state index is -0.698. The van der Waals surface area contributed by atoms with Crippen LogP contribution in [0.15, 0.2) is 17.7 Å². The summed E-state index contributed by atoms with van der Waals surface area (Å²) in [5.74, 6) is 1.07. The van der Waals surface area contributed by atoms with Gasteiger partial charge in [-0.3, -0.25) is 19.8 Å². The molecule has 6 rings (SSSR count). The second-order valence-electron chi connectivity index (χ2n) is 10.0. The van der Waals surface area contributed by atoms with Crippen molar-refractivity contribution in [1.29, 1.82) is 0 Å². The van der Waals surface area contributed by atoms with Crippen LogP contribution in [0.2, 0.25) is 0 Å². The van der Waals surface area contributed by atoms with E-state index in [9.17, 15) is 19.5 Å². The molecule has 1 unspecified atom stereocenters. The highest BCUT2D eigenvalue weighted by Crippen LogP contribution is 2.62. The number of hydrogen-bond acceptors (Lipinski definition) is 5. The van der Waals surface area contributed by atoms with Gasteiger partial charge in [-0.15, -0.1) is 0 Å². The maximum Gasteiger partial charge on any atom is 0.331 e. The molecule has 1 aromatic rings. The number of benzene rings is 1. The number of methoxy groups -OCH3 is 1. The maximum absolute atomic E-state index is 13.5. The van der Waals surface area contributed by atoms with Crippen LogP contribution < -0.4 is 10.1 Å². The third kappa shape index (κ3) is 3.41. The molecule has 0 aromatic heterocycles. The van der Waals surface area contributed by atoms with Crippen molar-refractivity contribution in [3.63, 3.8) is 0 Å². The van der Waals surface area contributed by atoms with Gasteiger partial charge in [0.1, 0.15) is 5.57 Å². The minimum Gasteiger partial charge on any atom is -0.504 e. The molecule has 5 aliphatic rings. The van der Waals surface area contributed by atoms with E-state index in [1.165, 1.54) is 37.3 Å². The largest absolute Gasteiger partial charge is 0.504 e. The average Bonchev–Trinajstić information content (AvgIpc) is 2.72. The number of carbonyl (C=O) groups excluding carboxylic acids is 3. The number of halogens is 1. The number of amides is 4. The number of rotatable bonds is 4. The van der Waals surface area contributed by atoms with Crippen LogP contribution >= 0.6 is 22.6 Å². The highest BCUT2D eigenvalue weighted by atomic mass is 127. The third-order valence-electron chi connectivity index (χ3n) is 8.07. The number of carbonyl (C=O) groups is 3. The van der Waals surface area contributed by atoms with Gasteiger partial charge in [0, 0.05) is 6.04 Å². The first-order valence-electron chi connectivity index (χ1n) is 11.2. The van der Waals surface area contributed by atoms with Crippen LogP contribution in [0.5, 0.6) is 11.5 Å². The quantitative estimate of drug-likeness (QED) is 0.335. The van der Waals surface area contributed by atoms with E-state index >= 15 is 0 Å². The van der Waals surface area contributed by atoms with Gasteiger partial charge in [-0.05, 0) is 115 Å². The summed E-state index contributed by atoms with van der Waals surface area (Å²) in [7, 11) is 1.44. The van der Waals surface area contributed by atoms with Crippen molar-refractivity contribution in [2.45, 2.75) is 51.5 Å². The zero-order chi connectivity index (χ0) is 22.8. The molecule has 1 heterocycles. The molecule has 0 radical (unpaired) electrons. The molecule has 1 atom stereocenters. The molecule has 170 valence electrons. The Morgan fingerprint density at radius 3 is 2.31 bits per heavy atom. The predicted octanol–water partition coefficient (Wildman–Crippen LogP) is 4.07. The van der Waals surface area contributed by atoms with E-state index in [0.29, 0.717) is 26.9 Å². The summed E-state index contributed by atoms with van der Waals surface area (Å²) < 4.78 is 5.72. The Labute approximate surface area is 200 Å². The van der Waals surface area contributed by atoms with Crippen molar-refractivity contribution in [2.75, 3.05) is 7.11 Å². The minimum absolute atomic E-state index is 0.00177. The molecule has 4 bridgehead atoms. The number of ether oxygens (including phenoxy) is 1. The van der Waals surface area contributed by atoms with Gasteiger partial charge >= 0.3 is 6.03 Å². The normalized spacial score (nSPS) is 33.6. The van der Waals surface area contributed by atoms with E-state index in [1.54, 1.807) is 12.1 Å². The number of phenolic OH excluding ortho intramolecular Hbond substituents is 1. The first-order chi connectivity index (χ1) is 15.2. The van der Waals surface area contributed by atoms with E-state index < -0.39 is 17.8 Å². The van der Waals surface area contributed by atoms with Crippen LogP contribution in [0, 0.1) is 26.7 Å². The highest BCUT2D eigenvalue weighted by Gasteiger charge is 2.56. The number of nitrogens with one attached hydrogen (secondary N) is 1. The molecule has 4 aliphatic carbocycles. The molecule has 8 heteroatoms. The van der Waals surface area contributed by atoms with Crippen molar-refractivity contribution in [3.05, 3.63) is 26.8 Å². The first kappa shape index (κ1) is 21.7. The van der Waals surface area contributed by atoms with Crippen LogP contribution in [0.4, 0.5) is 4.79 Å². The van der Waals surface area contributed by atoms with Gasteiger partial charge in [0.15, 0.2) is 11.5 Å². The van der Waals surface area contributed by atoms with Gasteiger partial charge in [0.25, 0.3) is 11.8 Å². The summed E-state index contributed by atoms with van der Waals surface area (Å²) in [6.45, 7) is 1.98. The SMILES string of the molecule is COc1cc(C=C2C(=O)NC(=O)N(C(C)C34CC5CC(CC(C5)C3)C4)C2=O)cc(I)c1O. The monoisotopic (exact) mass is 550 g/mol. The van der Waals surface area contributed by atoms with Crippen molar-refractivity contribution < 1.29 is 24.2 Å². The number of hydrogen-bond donors (Lipinski definition) is 2. The molecule has 5 fully saturated rings. The van der Waals surface area contributed by atoms with Crippen molar-refractivity contribution in [2.24, 2.45) is 23.2 Å². The molecule has 4 saturated carbocycles. The molecule has 0 spiro atoms. The fourth-order valence-corrected chi connectivity index (χ4v) is 7.61. The summed E-state index contributed by atoms with van der Waals surface area (Å²) in [6, 6.07) is 2.33. The number of aromatic hydroxyl groups is 1. The molecule has 4 amide bonds. The van der Waals surface area contributed by atoms with E-state index in [4.69, 9.17) is 4.74 Å². The average molecular weight is 550 g/mol. The Kier molecular flexibility index (Phi) is 5.26. The Hall–Kier alpha value is -2.10. The third-order valence-corrected chi connectivity index (χ3v) is 8.90. The second kappa shape index (κ2) is 7.74. The van der Waals surface area contributed by atoms with Crippen LogP contribution in [-0.2, 0) is 9.59 Å². The lowest BCUT2D eigenvalue weighted by Crippen LogP contribution is -2.63. The molecular weight excluding hydrogens is 523 g/mol. The van der Waals surface area contributed by atoms with E-state index in [2.05, 4.69) is 5.32 Å². The lowest BCUT2D eigenvalue weighted by molar-refractivity contribution is -0.139. The summed E-state index contributed by atoms with van der Waals surface area (Å²) in [4.78, 5) is 40.2. The number of urea groups is 1. The van der Waals surface area contributed by atoms with Gasteiger partial charge in [-0.1, -0.05) is 0 Å². The molecule has 1 aliphatic heterocycles. The summed E-state index contributed by atoms with van der Waals surface area (Å²) in [5, 5.41) is 12.5. The van der Waals surface area contributed by atoms with Crippen LogP contribution in [0.25, 0.3) is 6.08 Å². The molecular formula is C24H27IN2O5. The number of barbiturate groups is 1. The highest BCUT2D eigenvalue weighted by molar-refractivity contribution is 14.1. The van der Waals surface area contributed by atoms with Crippen LogP contribution in [0.3, 0.4) is 0 Å². The summed E-state index contributed by atoms with van der Waals surface area (Å²) in [6.07, 6.45) is 8.45. The fraction of sp³-hybridized carbons (Fsp3) is 0.542. The zero-order valence-electron chi connectivity index (χ0n) is 18.2. The van der Waals surface area contributed by atoms with Gasteiger partial charge in [-0.2, -0.15) is 0 Å². The fourth-order valence-electron chi connectivity index (χ4n) is 6.99. The van der Waals surface area contributed by atoms with Crippen LogP contribution in [0.1, 0.15) is 51.0 Å². The van der Waals surface area contributed by atoms with Gasteiger partial charge < -0.3 is 9.84 Å². The van der Waals surface area contributed by atoms with Crippen molar-refractivity contribution in [3.8, 4) is 11.5 Å². The van der Waals surface area contributed by atoms with E-state index in [0.717, 1.165) is 19.3 Å². The second-order valence-corrected chi connectivity index (χ2v) is 11.2. The summed E-state index contributed by atoms with van der Waals surface area (Å²) in [5.41, 5.74) is 0.411. The van der Waals surface area contributed by atoms with E-state index in [1.807, 2.05) is 29.5 Å². The van der Waals surface area contributed by atoms with Gasteiger partial charge in [-0.25, -0.2) is 4.79 Å². The Morgan fingerprint density at radius 2 is 1.75 bits per heavy atom. The molecule has 1 aromatic carbocycles. The smallest absolute Gasteiger partial charge is 0.331 e. The maximum atomic E-state index is 13.5. The predicted molar refractivity (Wildman–Crippen MR) is 126 cm³/mol. The zero-order valence-corrected chi connectivity index (χ0v) is 20.3. The standard InChI is InChI=1S/C24H27IN2O5/c1-12(24-9-14-3-15(10-24)5-16(4-14)11-24)27-22(30)17(21(29)26-23(27)31)6-13-7-18(25)20(28)19(8-13)32-2/h6-8,12,14-16,28H,3-5,9-11H2,1-2H3,(H,26,29,31). The summed E-state index contributed by atoms with van der Waals surface area (Å²) >= 11 is 1.96. The van der Waals surface area contributed by atoms with Gasteiger partial charge in [0.05, 0.1) is 10.7 Å². The Morgan fingerprint density at radius 1 is 1.16 bits per heavy atom. The topological polar surface area (TPSA) is 95.9 Å². The Balaban J connectivity index is 1.48. The van der Waals surface area contributed by atoms with Crippen molar-refractivity contribution >= 4 is 46.5 Å². The Bertz CT molecular complexity index is 1010. The van der Waals surface area contributed by atoms with Crippen molar-refractivity contribution in [1.82, 2.24) is 10.2 Å². The lowest BCUT2D eigenvalue weighted by Gasteiger charge is -2.60. The number of phenols is 1. The number of nitrogens with zero attached hydrogens (tertiary/aromatic N) is 1. The lowest BCUT2D eigenvalue weighted by atomic mass is 9.47. The van der Waals surface area contributed by atoms with Crippen LogP contribution in [-0.4, -0.2) is 41.0 Å². The molecule has 7 nitrogen and oxygen atoms in total. The van der Waals surface area contributed by atoms with Gasteiger partial charge in [0.2, 0.25) is 0 Å². The molecule has 1 saturated heterocycles. The molecule has 2 N–H and O–H groups in total. The van der Waals surface area contributed by atoms with E-state index in [-0.39, 0.29) is 28.5 Å². The molecule has 32 heavy (non-hydrogen) atoms. The number of imide groups is 2.